The highest BCUT2D eigenvalue weighted by atomic mass is 19.4. The van der Waals surface area contributed by atoms with E-state index in [1.54, 1.807) is 0 Å². The van der Waals surface area contributed by atoms with Crippen molar-refractivity contribution < 1.29 is 48.8 Å². The van der Waals surface area contributed by atoms with Gasteiger partial charge in [-0.15, -0.1) is 0 Å². The molecule has 4 nitrogen and oxygen atoms in total. The van der Waals surface area contributed by atoms with E-state index in [4.69, 9.17) is 4.74 Å². The van der Waals surface area contributed by atoms with Crippen molar-refractivity contribution in [1.29, 1.82) is 0 Å². The van der Waals surface area contributed by atoms with Crippen molar-refractivity contribution in [3.05, 3.63) is 35.8 Å². The number of aromatic nitrogens is 2. The number of anilines is 2. The molecule has 0 amide bonds. The number of benzene rings is 1. The molecule has 1 heterocycles. The lowest BCUT2D eigenvalue weighted by atomic mass is 9.85. The van der Waals surface area contributed by atoms with Crippen LogP contribution in [-0.2, 0) is 13.2 Å². The molecule has 0 saturated heterocycles. The van der Waals surface area contributed by atoms with E-state index in [2.05, 4.69) is 5.32 Å². The molecular formula is C20H21F9N3O+. The van der Waals surface area contributed by atoms with Gasteiger partial charge in [0.25, 0.3) is 12.3 Å². The highest BCUT2D eigenvalue weighted by molar-refractivity contribution is 5.60. The van der Waals surface area contributed by atoms with E-state index in [9.17, 15) is 39.5 Å². The third-order valence-corrected chi connectivity index (χ3v) is 5.54. The van der Waals surface area contributed by atoms with Gasteiger partial charge in [-0.2, -0.15) is 30.9 Å². The van der Waals surface area contributed by atoms with Gasteiger partial charge in [-0.25, -0.2) is 23.1 Å². The smallest absolute Gasteiger partial charge is 0.419 e. The Kier molecular flexibility index (Phi) is 7.08. The normalized spacial score (nSPS) is 19.7. The summed E-state index contributed by atoms with van der Waals surface area (Å²) < 4.78 is 127. The summed E-state index contributed by atoms with van der Waals surface area (Å²) in [5, 5.41) is 2.37. The Morgan fingerprint density at radius 3 is 2.27 bits per heavy atom. The van der Waals surface area contributed by atoms with Gasteiger partial charge in [-0.05, 0) is 37.8 Å². The van der Waals surface area contributed by atoms with Gasteiger partial charge in [0.1, 0.15) is 11.9 Å². The first kappa shape index (κ1) is 25.0. The van der Waals surface area contributed by atoms with Gasteiger partial charge in [0.2, 0.25) is 0 Å². The van der Waals surface area contributed by atoms with E-state index in [-0.39, 0.29) is 37.5 Å². The standard InChI is InChI=1S/C20H20F9N3O/c1-31-9-16(33-10-15(22)23)32(12-7-5-11(6-8-12)19(24,25)26)18(31)30-17-13(20(27,28)29)3-2-4-14(17)21/h2-4,9,11-12,15H,5-8,10H2,1H3/p+1. The average Bonchev–Trinajstić information content (AvgIpc) is 3.01. The molecule has 13 heteroatoms. The third kappa shape index (κ3) is 5.67. The van der Waals surface area contributed by atoms with Crippen LogP contribution in [0.1, 0.15) is 37.3 Å². The summed E-state index contributed by atoms with van der Waals surface area (Å²) in [6.45, 7) is -1.03. The molecule has 1 fully saturated rings. The Labute approximate surface area is 182 Å². The zero-order valence-electron chi connectivity index (χ0n) is 17.3. The Morgan fingerprint density at radius 2 is 1.73 bits per heavy atom. The number of nitrogens with one attached hydrogen (secondary N) is 1. The van der Waals surface area contributed by atoms with Crippen molar-refractivity contribution in [3.8, 4) is 5.88 Å². The second kappa shape index (κ2) is 9.34. The molecule has 1 N–H and O–H groups in total. The molecule has 3 rings (SSSR count). The highest BCUT2D eigenvalue weighted by Gasteiger charge is 2.44. The molecule has 33 heavy (non-hydrogen) atoms. The monoisotopic (exact) mass is 490 g/mol. The minimum atomic E-state index is -4.90. The first-order chi connectivity index (χ1) is 15.3. The fourth-order valence-electron chi connectivity index (χ4n) is 3.98. The number of ether oxygens (including phenoxy) is 1. The number of rotatable bonds is 6. The molecule has 0 radical (unpaired) electrons. The Morgan fingerprint density at radius 1 is 1.09 bits per heavy atom. The minimum Gasteiger partial charge on any atom is -0.460 e. The van der Waals surface area contributed by atoms with Gasteiger partial charge >= 0.3 is 18.3 Å². The summed E-state index contributed by atoms with van der Waals surface area (Å²) >= 11 is 0. The molecule has 0 unspecified atom stereocenters. The minimum absolute atomic E-state index is 0.0258. The van der Waals surface area contributed by atoms with Crippen LogP contribution in [-0.4, -0.2) is 23.8 Å². The Balaban J connectivity index is 2.01. The molecule has 1 aliphatic carbocycles. The van der Waals surface area contributed by atoms with E-state index >= 15 is 0 Å². The zero-order valence-corrected chi connectivity index (χ0v) is 17.3. The van der Waals surface area contributed by atoms with Crippen LogP contribution in [0, 0.1) is 11.7 Å². The zero-order chi connectivity index (χ0) is 24.6. The molecule has 2 aromatic rings. The molecule has 0 atom stereocenters. The molecule has 1 aromatic carbocycles. The fourth-order valence-corrected chi connectivity index (χ4v) is 3.98. The maximum Gasteiger partial charge on any atom is 0.419 e. The van der Waals surface area contributed by atoms with Crippen LogP contribution in [0.25, 0.3) is 0 Å². The van der Waals surface area contributed by atoms with Gasteiger partial charge in [0, 0.05) is 0 Å². The van der Waals surface area contributed by atoms with E-state index in [1.165, 1.54) is 22.4 Å². The number of imidazole rings is 1. The Bertz CT molecular complexity index is 961. The van der Waals surface area contributed by atoms with Crippen LogP contribution < -0.4 is 14.6 Å². The van der Waals surface area contributed by atoms with Gasteiger partial charge in [0.15, 0.2) is 12.4 Å². The molecule has 0 aliphatic heterocycles. The lowest BCUT2D eigenvalue weighted by Crippen LogP contribution is -2.33. The summed E-state index contributed by atoms with van der Waals surface area (Å²) in [5.41, 5.74) is -2.20. The molecule has 184 valence electrons. The molecule has 1 saturated carbocycles. The summed E-state index contributed by atoms with van der Waals surface area (Å²) in [5.74, 6) is -3.08. The third-order valence-electron chi connectivity index (χ3n) is 5.54. The first-order valence-corrected chi connectivity index (χ1v) is 10.00. The summed E-state index contributed by atoms with van der Waals surface area (Å²) in [4.78, 5) is 0. The number of hydrogen-bond donors (Lipinski definition) is 1. The van der Waals surface area contributed by atoms with Gasteiger partial charge < -0.3 is 4.74 Å². The van der Waals surface area contributed by atoms with Crippen molar-refractivity contribution in [3.63, 3.8) is 0 Å². The topological polar surface area (TPSA) is 30.1 Å². The lowest BCUT2D eigenvalue weighted by molar-refractivity contribution is -0.656. The second-order valence-electron chi connectivity index (χ2n) is 7.81. The Hall–Kier alpha value is -2.60. The maximum atomic E-state index is 14.4. The van der Waals surface area contributed by atoms with Crippen molar-refractivity contribution in [1.82, 2.24) is 4.57 Å². The predicted octanol–water partition coefficient (Wildman–Crippen LogP) is 6.15. The maximum absolute atomic E-state index is 14.4. The number of nitrogens with zero attached hydrogens (tertiary/aromatic N) is 2. The van der Waals surface area contributed by atoms with Gasteiger partial charge in [0.05, 0.1) is 24.6 Å². The molecular weight excluding hydrogens is 469 g/mol. The van der Waals surface area contributed by atoms with Gasteiger partial charge in [-0.3, -0.25) is 0 Å². The number of halogens is 9. The van der Waals surface area contributed by atoms with Crippen LogP contribution in [0.4, 0.5) is 51.1 Å². The van der Waals surface area contributed by atoms with E-state index in [0.717, 1.165) is 12.1 Å². The summed E-state index contributed by atoms with van der Waals surface area (Å²) in [7, 11) is 1.36. The SMILES string of the molecule is C[n+]1cc(OCC(F)F)n(C2CCC(C(F)(F)F)CC2)c1Nc1c(F)cccc1C(F)(F)F. The molecule has 0 bridgehead atoms. The lowest BCUT2D eigenvalue weighted by Gasteiger charge is -2.29. The summed E-state index contributed by atoms with van der Waals surface area (Å²) in [6, 6.07) is 1.67. The van der Waals surface area contributed by atoms with E-state index in [0.29, 0.717) is 6.07 Å². The molecule has 1 aliphatic rings. The quantitative estimate of drug-likeness (QED) is 0.389. The second-order valence-corrected chi connectivity index (χ2v) is 7.81. The van der Waals surface area contributed by atoms with E-state index < -0.39 is 54.4 Å². The predicted molar refractivity (Wildman–Crippen MR) is 98.8 cm³/mol. The number of para-hydroxylation sites is 1. The van der Waals surface area contributed by atoms with Crippen molar-refractivity contribution in [2.45, 2.75) is 50.5 Å². The van der Waals surface area contributed by atoms with Gasteiger partial charge in [-0.1, -0.05) is 6.07 Å². The summed E-state index contributed by atoms with van der Waals surface area (Å²) in [6.07, 6.45) is -11.5. The number of alkyl halides is 8. The fraction of sp³-hybridized carbons (Fsp3) is 0.550. The van der Waals surface area contributed by atoms with E-state index in [1.807, 2.05) is 0 Å². The molecule has 0 spiro atoms. The van der Waals surface area contributed by atoms with Crippen LogP contribution >= 0.6 is 0 Å². The van der Waals surface area contributed by atoms with Crippen molar-refractivity contribution >= 4 is 11.6 Å². The molecule has 1 aromatic heterocycles. The van der Waals surface area contributed by atoms with Crippen LogP contribution in [0.3, 0.4) is 0 Å². The van der Waals surface area contributed by atoms with Crippen molar-refractivity contribution in [2.75, 3.05) is 11.9 Å². The average molecular weight is 490 g/mol. The van der Waals surface area contributed by atoms with Crippen LogP contribution in [0.15, 0.2) is 24.4 Å². The van der Waals surface area contributed by atoms with Crippen LogP contribution in [0.2, 0.25) is 0 Å². The number of hydrogen-bond acceptors (Lipinski definition) is 2. The highest BCUT2D eigenvalue weighted by Crippen LogP contribution is 2.44. The van der Waals surface area contributed by atoms with Crippen LogP contribution in [0.5, 0.6) is 5.88 Å². The van der Waals surface area contributed by atoms with Crippen molar-refractivity contribution in [2.24, 2.45) is 13.0 Å². The number of aryl methyl sites for hydroxylation is 1. The first-order valence-electron chi connectivity index (χ1n) is 10.00. The largest absolute Gasteiger partial charge is 0.460 e.